The maximum absolute atomic E-state index is 13.0. The van der Waals surface area contributed by atoms with E-state index in [-0.39, 0.29) is 81.7 Å². The molecule has 12 heteroatoms. The number of anilines is 4. The standard InChI is InChI=1S/C62H12N2O4.C17H18N2O4.48H2/c1-3-4-5-6-7-8-9-10-11-12-13-14-15-16-17-18-19-20-21-22-23-24-25-26-27-28-29-30-31-32-33-34-35-36-37-38-39-40-41-42-43-44-45-46-47-48-55-68-61(66)62(60(65)67-2)63-57-53-49-51-56-52-50-54-58(64-62)59(56)57;1-3-22-15(20)17(16(21)23-4-2)18-12-9-5-7-11-8-6-10-13(19-17)14(11)12;;;;;;;;;;;;;;;;;;;;;;;;;;;;;;;;;;;;;;;;;;;;;;;;/h1,49-54,63-64H,2H3;5-10,18-19H,3-4H2,1-2H3;48*1H. The van der Waals surface area contributed by atoms with Gasteiger partial charge in [0.2, 0.25) is 0 Å². The molecule has 91 heavy (non-hydrogen) atoms. The van der Waals surface area contributed by atoms with Crippen molar-refractivity contribution in [1.82, 2.24) is 0 Å². The molecule has 0 fully saturated rings. The van der Waals surface area contributed by atoms with Gasteiger partial charge in [-0.2, -0.15) is 0 Å². The fraction of sp³-hybridized carbons (Fsp3) is 0.0886. The highest BCUT2D eigenvalue weighted by Crippen LogP contribution is 2.40. The first-order valence-electron chi connectivity index (χ1n) is 25.5. The molecule has 0 saturated carbocycles. The number of terminal acetylenes is 1. The Bertz CT molecular complexity index is 5430. The number of benzene rings is 4. The van der Waals surface area contributed by atoms with Gasteiger partial charge in [-0.1, -0.05) is 48.5 Å². The minimum absolute atomic E-state index is 0. The third-order valence-corrected chi connectivity index (χ3v) is 10.1. The van der Waals surface area contributed by atoms with Gasteiger partial charge < -0.3 is 40.2 Å². The number of rotatable bonds is 6. The van der Waals surface area contributed by atoms with Crippen molar-refractivity contribution >= 4 is 68.2 Å². The van der Waals surface area contributed by atoms with Crippen LogP contribution in [0.25, 0.3) is 21.5 Å². The van der Waals surface area contributed by atoms with Crippen LogP contribution in [0.1, 0.15) is 82.3 Å². The largest absolute Gasteiger partial charge is 0.465 e. The summed E-state index contributed by atoms with van der Waals surface area (Å²) in [5.41, 5.74) is -1.42. The summed E-state index contributed by atoms with van der Waals surface area (Å²) in [6.07, 6.45) is 7.10. The van der Waals surface area contributed by atoms with Crippen molar-refractivity contribution in [3.63, 3.8) is 0 Å². The molecule has 0 amide bonds. The minimum Gasteiger partial charge on any atom is -0.465 e. The topological polar surface area (TPSA) is 153 Å². The SMILES string of the molecule is C#CC#CC#CC#CC#CC#CC#CC#CC#CC#CC#CC#CC#CC#CC#CC#CC#CC#CC#CC#CC#CC#CC#CC#COC(=O)C1(C(=O)OC)Nc2cccc3cccc(c23)N1.CCOC(=O)C1(C(=O)OCC)Nc2cccc3cccc(c23)N1.[HH].[HH].[HH].[HH].[HH].[HH].[HH].[HH].[HH].[HH].[HH].[HH].[HH].[HH].[HH].[HH].[HH].[HH].[HH].[HH].[HH].[HH].[HH].[HH].[HH].[HH].[HH].[HH].[HH].[HH].[HH].[HH].[HH].[HH].[HH].[HH].[HH].[HH].[HH].[HH].[HH].[HH].[HH].[HH].[HH].[HH].[HH].[HH]. The molecule has 4 aromatic carbocycles. The fourth-order valence-corrected chi connectivity index (χ4v) is 6.73. The summed E-state index contributed by atoms with van der Waals surface area (Å²) in [5.74, 6) is 110. The fourth-order valence-electron chi connectivity index (χ4n) is 6.73. The first-order valence-corrected chi connectivity index (χ1v) is 25.5. The van der Waals surface area contributed by atoms with Gasteiger partial charge in [0.15, 0.2) is 0 Å². The number of methoxy groups -OCH3 is 1. The van der Waals surface area contributed by atoms with E-state index in [0.717, 1.165) is 28.7 Å². The first-order chi connectivity index (χ1) is 44.7. The molecule has 0 bridgehead atoms. The van der Waals surface area contributed by atoms with Gasteiger partial charge in [0.05, 0.1) is 20.3 Å². The quantitative estimate of drug-likeness (QED) is 0.0629. The molecule has 4 aromatic rings. The lowest BCUT2D eigenvalue weighted by Gasteiger charge is -2.36. The molecule has 0 unspecified atom stereocenters. The Morgan fingerprint density at radius 3 is 0.780 bits per heavy atom. The molecule has 510 valence electrons. The van der Waals surface area contributed by atoms with Crippen molar-refractivity contribution in [3.05, 3.63) is 72.8 Å². The second-order valence-electron chi connectivity index (χ2n) is 15.6. The van der Waals surface area contributed by atoms with Crippen LogP contribution < -0.4 is 21.3 Å². The zero-order chi connectivity index (χ0) is 64.7. The average Bonchev–Trinajstić information content (AvgIpc) is 0.748. The molecule has 0 atom stereocenters. The van der Waals surface area contributed by atoms with Gasteiger partial charge in [-0.05, 0) is 96.2 Å². The normalized spacial score (nSPS) is 9.12. The van der Waals surface area contributed by atoms with Crippen LogP contribution in [0.3, 0.4) is 0 Å². The average molecular weight is 1260 g/mol. The highest BCUT2D eigenvalue weighted by molar-refractivity contribution is 6.18. The summed E-state index contributed by atoms with van der Waals surface area (Å²) in [7, 11) is 1.15. The maximum Gasteiger partial charge on any atom is 0.379 e. The minimum atomic E-state index is -2.07. The molecule has 2 aliphatic rings. The molecule has 2 aliphatic heterocycles. The smallest absolute Gasteiger partial charge is 0.379 e. The van der Waals surface area contributed by atoms with Crippen molar-refractivity contribution in [2.24, 2.45) is 0 Å². The molecule has 4 N–H and O–H groups in total. The van der Waals surface area contributed by atoms with Gasteiger partial charge in [-0.25, -0.2) is 19.2 Å². The molecule has 12 nitrogen and oxygen atoms in total. The Labute approximate surface area is 599 Å². The molecule has 0 radical (unpaired) electrons. The van der Waals surface area contributed by atoms with Crippen molar-refractivity contribution in [2.75, 3.05) is 41.6 Å². The molecule has 2 heterocycles. The summed E-state index contributed by atoms with van der Waals surface area (Å²) in [5, 5.41) is 15.4. The number of carbonyl (C=O) groups excluding carboxylic acids is 4. The Morgan fingerprint density at radius 1 is 0.341 bits per heavy atom. The van der Waals surface area contributed by atoms with E-state index in [0.29, 0.717) is 22.7 Å². The van der Waals surface area contributed by atoms with E-state index < -0.39 is 35.2 Å². The summed E-state index contributed by atoms with van der Waals surface area (Å²) in [4.78, 5) is 50.8. The summed E-state index contributed by atoms with van der Waals surface area (Å²) >= 11 is 0. The van der Waals surface area contributed by atoms with Crippen molar-refractivity contribution in [2.45, 2.75) is 25.2 Å². The lowest BCUT2D eigenvalue weighted by molar-refractivity contribution is -0.161. The second kappa shape index (κ2) is 38.6. The predicted molar refractivity (Wildman–Crippen MR) is 448 cm³/mol. The molecule has 0 aromatic heterocycles. The summed E-state index contributed by atoms with van der Waals surface area (Å²) in [6, 6.07) is 22.1. The van der Waals surface area contributed by atoms with Crippen LogP contribution in [0.2, 0.25) is 0 Å². The third-order valence-electron chi connectivity index (χ3n) is 10.1. The van der Waals surface area contributed by atoms with Crippen molar-refractivity contribution < 1.29 is 107 Å². The van der Waals surface area contributed by atoms with Crippen LogP contribution in [0.15, 0.2) is 72.8 Å². The maximum atomic E-state index is 13.0. The zero-order valence-corrected chi connectivity index (χ0v) is 47.7. The van der Waals surface area contributed by atoms with Crippen LogP contribution in [-0.4, -0.2) is 55.5 Å². The van der Waals surface area contributed by atoms with Gasteiger partial charge in [0, 0.05) is 327 Å². The molecular weight excluding hydrogens is 1130 g/mol. The molecule has 0 saturated heterocycles. The summed E-state index contributed by atoms with van der Waals surface area (Å²) in [6.45, 7) is 3.70. The number of carbonyl (C=O) groups is 4. The number of hydrogen-bond acceptors (Lipinski definition) is 12. The molecule has 6 rings (SSSR count). The predicted octanol–water partition coefficient (Wildman–Crippen LogP) is 16.1. The van der Waals surface area contributed by atoms with Gasteiger partial charge in [0.25, 0.3) is 0 Å². The number of nitrogens with one attached hydrogen (secondary N) is 4. The van der Waals surface area contributed by atoms with Crippen LogP contribution in [0, 0.1) is 285 Å². The Balaban J connectivity index is -0.0000000272. The zero-order valence-electron chi connectivity index (χ0n) is 47.7. The monoisotopic (exact) mass is 1260 g/mol. The van der Waals surface area contributed by atoms with Gasteiger partial charge in [-0.15, -0.1) is 6.42 Å². The third kappa shape index (κ3) is 21.6. The highest BCUT2D eigenvalue weighted by atomic mass is 16.6. The second-order valence-corrected chi connectivity index (χ2v) is 15.6. The van der Waals surface area contributed by atoms with E-state index >= 15 is 0 Å². The van der Waals surface area contributed by atoms with E-state index in [2.05, 4.69) is 300 Å². The number of ether oxygens (including phenoxy) is 4. The molecule has 0 aliphatic carbocycles. The molecule has 0 spiro atoms. The van der Waals surface area contributed by atoms with Gasteiger partial charge >= 0.3 is 35.2 Å². The van der Waals surface area contributed by atoms with Crippen LogP contribution >= 0.6 is 0 Å². The lowest BCUT2D eigenvalue weighted by atomic mass is 9.99. The van der Waals surface area contributed by atoms with Gasteiger partial charge in [-0.3, -0.25) is 0 Å². The summed E-state index contributed by atoms with van der Waals surface area (Å²) < 4.78 is 20.1. The Hall–Kier alpha value is -16.1. The highest BCUT2D eigenvalue weighted by Gasteiger charge is 2.53. The Morgan fingerprint density at radius 2 is 0.560 bits per heavy atom. The van der Waals surface area contributed by atoms with E-state index in [1.54, 1.807) is 38.1 Å². The number of hydrogen-bond donors (Lipinski definition) is 4. The van der Waals surface area contributed by atoms with Crippen LogP contribution in [-0.2, 0) is 38.1 Å². The van der Waals surface area contributed by atoms with E-state index in [9.17, 15) is 19.2 Å². The Kier molecular flexibility index (Phi) is 27.9. The number of esters is 4. The van der Waals surface area contributed by atoms with Crippen LogP contribution in [0.4, 0.5) is 22.7 Å². The van der Waals surface area contributed by atoms with E-state index in [1.165, 1.54) is 0 Å². The van der Waals surface area contributed by atoms with E-state index in [4.69, 9.17) is 25.4 Å². The molecular formula is C79H126N4O8. The van der Waals surface area contributed by atoms with Crippen LogP contribution in [0.5, 0.6) is 0 Å². The van der Waals surface area contributed by atoms with Crippen molar-refractivity contribution in [3.8, 4) is 285 Å². The first kappa shape index (κ1) is 65.7. The van der Waals surface area contributed by atoms with E-state index in [1.807, 2.05) is 48.5 Å². The van der Waals surface area contributed by atoms with Gasteiger partial charge in [0.1, 0.15) is 6.11 Å². The van der Waals surface area contributed by atoms with Crippen molar-refractivity contribution in [1.29, 1.82) is 0 Å². The lowest BCUT2D eigenvalue weighted by Crippen LogP contribution is -2.62.